The van der Waals surface area contributed by atoms with Crippen molar-refractivity contribution in [2.45, 2.75) is 64.4 Å². The Bertz CT molecular complexity index is 397. The Hall–Kier alpha value is 1.31. The molecule has 0 saturated carbocycles. The standard InChI is InChI=1S/C15H27NO4Si.U.V.W/c1-8-13(17)16-10-11(9-12(16)14(18)19-5)20-21(6,7)15(2,3)4;;;/h8,10-12H,9H2,1-7H3;;;/q-2;;;/t11?,12-;;;/m0.../s1. The number of carbonyl (C=O) groups is 2. The molecular formula is C15H27NO4SiUVW-2. The van der Waals surface area contributed by atoms with Crippen molar-refractivity contribution in [2.75, 3.05) is 7.11 Å². The van der Waals surface area contributed by atoms with Crippen LogP contribution < -0.4 is 0 Å². The van der Waals surface area contributed by atoms with Crippen molar-refractivity contribution in [3.8, 4) is 0 Å². The van der Waals surface area contributed by atoms with Crippen LogP contribution >= 0.6 is 0 Å². The minimum absolute atomic E-state index is 0. The molecule has 0 aromatic rings. The van der Waals surface area contributed by atoms with Gasteiger partial charge in [-0.2, -0.15) is 6.92 Å². The summed E-state index contributed by atoms with van der Waals surface area (Å²) < 4.78 is 11.1. The summed E-state index contributed by atoms with van der Waals surface area (Å²) in [5, 5.41) is 0.0793. The van der Waals surface area contributed by atoms with E-state index in [1.807, 2.05) is 0 Å². The van der Waals surface area contributed by atoms with Gasteiger partial charge in [0.25, 0.3) is 0 Å². The molecule has 24 heavy (non-hydrogen) atoms. The minimum Gasteiger partial charge on any atom is -0.505 e. The summed E-state index contributed by atoms with van der Waals surface area (Å²) in [6.45, 7) is 14.2. The molecule has 0 spiro atoms. The molecule has 137 valence electrons. The summed E-state index contributed by atoms with van der Waals surface area (Å²) in [6.07, 6.45) is 1.68. The van der Waals surface area contributed by atoms with Crippen LogP contribution in [0.3, 0.4) is 0 Å². The van der Waals surface area contributed by atoms with Gasteiger partial charge in [-0.05, 0) is 24.6 Å². The Labute approximate surface area is 197 Å². The van der Waals surface area contributed by atoms with Crippen molar-refractivity contribution >= 4 is 20.2 Å². The first-order chi connectivity index (χ1) is 9.53. The average Bonchev–Trinajstić information content (AvgIpc) is 2.78. The summed E-state index contributed by atoms with van der Waals surface area (Å²) in [7, 11) is -0.615. The largest absolute Gasteiger partial charge is 0.505 e. The van der Waals surface area contributed by atoms with Crippen LogP contribution in [0.25, 0.3) is 0 Å². The minimum atomic E-state index is -1.95. The summed E-state index contributed by atoms with van der Waals surface area (Å²) in [4.78, 5) is 25.2. The maximum Gasteiger partial charge on any atom is 0.325 e. The van der Waals surface area contributed by atoms with E-state index in [9.17, 15) is 9.59 Å². The van der Waals surface area contributed by atoms with E-state index in [0.717, 1.165) is 0 Å². The van der Waals surface area contributed by atoms with Gasteiger partial charge in [0.05, 0.1) is 13.0 Å². The molecule has 1 saturated heterocycles. The van der Waals surface area contributed by atoms with Gasteiger partial charge >= 0.3 is 5.97 Å². The third-order valence-corrected chi connectivity index (χ3v) is 8.85. The van der Waals surface area contributed by atoms with Crippen molar-refractivity contribution in [1.82, 2.24) is 4.90 Å². The smallest absolute Gasteiger partial charge is 0.325 e. The Kier molecular flexibility index (Phi) is 14.9. The van der Waals surface area contributed by atoms with E-state index in [1.165, 1.54) is 18.4 Å². The zero-order valence-electron chi connectivity index (χ0n) is 15.5. The monoisotopic (exact) mass is 786 g/mol. The predicted octanol–water partition coefficient (Wildman–Crippen LogP) is 2.53. The first-order valence-electron chi connectivity index (χ1n) is 7.25. The molecule has 1 rings (SSSR count). The summed E-state index contributed by atoms with van der Waals surface area (Å²) in [5.74, 6) is -0.602. The molecule has 5 nitrogen and oxygen atoms in total. The number of amides is 1. The van der Waals surface area contributed by atoms with Gasteiger partial charge in [-0.15, -0.1) is 0 Å². The molecular weight excluding hydrogens is 759 g/mol. The molecule has 9 heteroatoms. The molecule has 1 radical (unpaired) electrons. The number of nitrogens with zero attached hydrogens (tertiary/aromatic N) is 1. The molecule has 0 aliphatic carbocycles. The van der Waals surface area contributed by atoms with E-state index in [2.05, 4.69) is 33.9 Å². The molecule has 1 fully saturated rings. The van der Waals surface area contributed by atoms with E-state index in [1.54, 1.807) is 13.5 Å². The molecule has 0 bridgehead atoms. The average molecular weight is 786 g/mol. The van der Waals surface area contributed by atoms with Gasteiger partial charge in [0.2, 0.25) is 0 Å². The molecule has 2 atom stereocenters. The van der Waals surface area contributed by atoms with Crippen LogP contribution in [0, 0.1) is 44.1 Å². The van der Waals surface area contributed by atoms with Crippen molar-refractivity contribution < 1.29 is 89.5 Å². The van der Waals surface area contributed by atoms with E-state index in [0.29, 0.717) is 6.42 Å². The topological polar surface area (TPSA) is 55.8 Å². The molecule has 0 N–H and O–H groups in total. The van der Waals surface area contributed by atoms with Crippen LogP contribution in [-0.2, 0) is 58.4 Å². The molecule has 1 aliphatic rings. The Morgan fingerprint density at radius 1 is 1.29 bits per heavy atom. The molecule has 1 unspecified atom stereocenters. The zero-order chi connectivity index (χ0) is 16.4. The van der Waals surface area contributed by atoms with Crippen LogP contribution in [0.4, 0.5) is 0 Å². The fourth-order valence-electron chi connectivity index (χ4n) is 2.03. The van der Waals surface area contributed by atoms with Crippen LogP contribution in [0.15, 0.2) is 0 Å². The molecule has 0 aromatic heterocycles. The Morgan fingerprint density at radius 2 is 1.79 bits per heavy atom. The number of hydrogen-bond acceptors (Lipinski definition) is 4. The van der Waals surface area contributed by atoms with E-state index in [-0.39, 0.29) is 87.8 Å². The van der Waals surface area contributed by atoms with Crippen LogP contribution in [0.1, 0.15) is 34.1 Å². The second-order valence-electron chi connectivity index (χ2n) is 6.87. The number of carbonyl (C=O) groups excluding carboxylic acids is 2. The number of hydrogen-bond donors (Lipinski definition) is 0. The molecule has 1 aliphatic heterocycles. The fourth-order valence-corrected chi connectivity index (χ4v) is 3.30. The number of esters is 1. The van der Waals surface area contributed by atoms with Crippen molar-refractivity contribution in [3.63, 3.8) is 0 Å². The molecule has 0 aromatic carbocycles. The maximum atomic E-state index is 11.9. The Balaban J connectivity index is -0.00000147. The van der Waals surface area contributed by atoms with E-state index < -0.39 is 20.3 Å². The molecule has 1 amide bonds. The van der Waals surface area contributed by atoms with Crippen LogP contribution in [0.5, 0.6) is 0 Å². The third kappa shape index (κ3) is 7.51. The van der Waals surface area contributed by atoms with Gasteiger partial charge in [-0.25, -0.2) is 11.3 Å². The van der Waals surface area contributed by atoms with Gasteiger partial charge in [-0.1, -0.05) is 26.9 Å². The molecule has 1 heterocycles. The van der Waals surface area contributed by atoms with Gasteiger partial charge in [0.15, 0.2) is 8.32 Å². The maximum absolute atomic E-state index is 11.9. The SMILES string of the molecule is C[CH-]C(=O)N1[CH-]C(O[Si](C)(C)C(C)(C)C)C[C@H]1C(=O)OC.[U].[V].[W]. The summed E-state index contributed by atoms with van der Waals surface area (Å²) >= 11 is 0. The first kappa shape index (κ1) is 30.1. The van der Waals surface area contributed by atoms with Crippen molar-refractivity contribution in [1.29, 1.82) is 0 Å². The predicted molar refractivity (Wildman–Crippen MR) is 83.6 cm³/mol. The van der Waals surface area contributed by atoms with Gasteiger partial charge in [0.1, 0.15) is 6.04 Å². The number of methoxy groups -OCH3 is 1. The summed E-state index contributed by atoms with van der Waals surface area (Å²) in [6, 6.07) is -0.589. The third-order valence-electron chi connectivity index (χ3n) is 4.35. The zero-order valence-corrected chi connectivity index (χ0v) is 24.9. The quantitative estimate of drug-likeness (QED) is 0.250. The normalized spacial score (nSPS) is 20.2. The number of rotatable bonds is 4. The fraction of sp³-hybridized carbons (Fsp3) is 0.733. The number of ether oxygens (including phenoxy) is 1. The Morgan fingerprint density at radius 3 is 2.17 bits per heavy atom. The van der Waals surface area contributed by atoms with Gasteiger partial charge in [-0.3, -0.25) is 0 Å². The number of likely N-dealkylation sites (tertiary alicyclic amines) is 1. The van der Waals surface area contributed by atoms with E-state index >= 15 is 0 Å². The second kappa shape index (κ2) is 11.9. The van der Waals surface area contributed by atoms with Crippen molar-refractivity contribution in [3.05, 3.63) is 13.0 Å². The summed E-state index contributed by atoms with van der Waals surface area (Å²) in [5.41, 5.74) is 0. The second-order valence-corrected chi connectivity index (χ2v) is 11.6. The van der Waals surface area contributed by atoms with Gasteiger partial charge in [0, 0.05) is 70.7 Å². The van der Waals surface area contributed by atoms with Gasteiger partial charge < -0.3 is 25.3 Å². The van der Waals surface area contributed by atoms with Crippen LogP contribution in [-0.4, -0.2) is 44.3 Å². The van der Waals surface area contributed by atoms with Crippen LogP contribution in [0.2, 0.25) is 18.1 Å². The first-order valence-corrected chi connectivity index (χ1v) is 10.2. The van der Waals surface area contributed by atoms with Crippen molar-refractivity contribution in [2.24, 2.45) is 0 Å². The van der Waals surface area contributed by atoms with E-state index in [4.69, 9.17) is 9.16 Å².